The van der Waals surface area contributed by atoms with E-state index in [1.807, 2.05) is 0 Å². The van der Waals surface area contributed by atoms with Crippen molar-refractivity contribution in [3.8, 4) is 0 Å². The van der Waals surface area contributed by atoms with Crippen LogP contribution in [0, 0.1) is 12.8 Å². The smallest absolute Gasteiger partial charge is 0.0469 e. The van der Waals surface area contributed by atoms with Gasteiger partial charge in [0, 0.05) is 38.0 Å². The van der Waals surface area contributed by atoms with Gasteiger partial charge in [-0.3, -0.25) is 0 Å². The van der Waals surface area contributed by atoms with Crippen LogP contribution in [0.25, 0.3) is 0 Å². The number of hydrogen-bond donors (Lipinski definition) is 1. The molecule has 0 spiro atoms. The number of nitrogens with zero attached hydrogens (tertiary/aromatic N) is 1. The average Bonchev–Trinajstić information content (AvgIpc) is 2.46. The molecular formula is C16H26N2O. The molecule has 2 rings (SSSR count). The van der Waals surface area contributed by atoms with Gasteiger partial charge >= 0.3 is 0 Å². The van der Waals surface area contributed by atoms with Crippen LogP contribution >= 0.6 is 0 Å². The Morgan fingerprint density at radius 2 is 2.00 bits per heavy atom. The molecule has 0 amide bonds. The molecule has 1 heterocycles. The molecule has 1 saturated heterocycles. The molecule has 0 aromatic heterocycles. The van der Waals surface area contributed by atoms with E-state index >= 15 is 0 Å². The first-order valence-electron chi connectivity index (χ1n) is 7.38. The minimum Gasteiger partial charge on any atom is -0.381 e. The Morgan fingerprint density at radius 3 is 2.58 bits per heavy atom. The highest BCUT2D eigenvalue weighted by Crippen LogP contribution is 2.28. The summed E-state index contributed by atoms with van der Waals surface area (Å²) in [6.07, 6.45) is 2.26. The molecule has 1 aliphatic heterocycles. The summed E-state index contributed by atoms with van der Waals surface area (Å²) < 4.78 is 5.48. The number of benzene rings is 1. The number of rotatable bonds is 5. The molecule has 1 atom stereocenters. The number of hydrogen-bond acceptors (Lipinski definition) is 3. The van der Waals surface area contributed by atoms with Crippen molar-refractivity contribution in [3.05, 3.63) is 29.8 Å². The third-order valence-corrected chi connectivity index (χ3v) is 4.22. The van der Waals surface area contributed by atoms with Crippen molar-refractivity contribution < 1.29 is 4.74 Å². The molecular weight excluding hydrogens is 236 g/mol. The summed E-state index contributed by atoms with van der Waals surface area (Å²) in [5, 5.41) is 0. The fraction of sp³-hybridized carbons (Fsp3) is 0.625. The lowest BCUT2D eigenvalue weighted by atomic mass is 9.90. The highest BCUT2D eigenvalue weighted by molar-refractivity contribution is 5.54. The van der Waals surface area contributed by atoms with Crippen LogP contribution in [-0.4, -0.2) is 32.3 Å². The molecule has 0 saturated carbocycles. The molecule has 0 radical (unpaired) electrons. The zero-order valence-corrected chi connectivity index (χ0v) is 12.1. The third kappa shape index (κ3) is 3.28. The summed E-state index contributed by atoms with van der Waals surface area (Å²) in [6, 6.07) is 9.02. The van der Waals surface area contributed by atoms with Crippen LogP contribution in [0.3, 0.4) is 0 Å². The molecule has 1 fully saturated rings. The minimum absolute atomic E-state index is 0.426. The predicted molar refractivity (Wildman–Crippen MR) is 80.6 cm³/mol. The molecule has 3 heteroatoms. The van der Waals surface area contributed by atoms with E-state index in [1.54, 1.807) is 0 Å². The van der Waals surface area contributed by atoms with Gasteiger partial charge in [0.15, 0.2) is 0 Å². The monoisotopic (exact) mass is 262 g/mol. The van der Waals surface area contributed by atoms with Crippen LogP contribution in [0.1, 0.15) is 25.3 Å². The number of para-hydroxylation sites is 1. The average molecular weight is 262 g/mol. The molecule has 19 heavy (non-hydrogen) atoms. The Balaban J connectivity index is 2.20. The van der Waals surface area contributed by atoms with Crippen molar-refractivity contribution >= 4 is 5.69 Å². The highest BCUT2D eigenvalue weighted by atomic mass is 16.5. The van der Waals surface area contributed by atoms with Gasteiger partial charge in [-0.05, 0) is 44.2 Å². The lowest BCUT2D eigenvalue weighted by Crippen LogP contribution is -2.47. The fourth-order valence-electron chi connectivity index (χ4n) is 3.14. The Kier molecular flexibility index (Phi) is 5.23. The van der Waals surface area contributed by atoms with Crippen LogP contribution in [0.15, 0.2) is 24.3 Å². The molecule has 3 nitrogen and oxygen atoms in total. The lowest BCUT2D eigenvalue weighted by Gasteiger charge is -2.39. The lowest BCUT2D eigenvalue weighted by molar-refractivity contribution is 0.0583. The number of anilines is 1. The first-order chi connectivity index (χ1) is 9.27. The molecule has 1 unspecified atom stereocenters. The molecule has 1 aliphatic rings. The molecule has 1 aromatic carbocycles. The van der Waals surface area contributed by atoms with Gasteiger partial charge in [0.1, 0.15) is 0 Å². The summed E-state index contributed by atoms with van der Waals surface area (Å²) in [5.74, 6) is 0.651. The van der Waals surface area contributed by atoms with E-state index in [2.05, 4.69) is 43.0 Å². The highest BCUT2D eigenvalue weighted by Gasteiger charge is 2.28. The van der Waals surface area contributed by atoms with Gasteiger partial charge in [-0.25, -0.2) is 0 Å². The first kappa shape index (κ1) is 14.4. The van der Waals surface area contributed by atoms with E-state index in [1.165, 1.54) is 11.3 Å². The number of likely N-dealkylation sites (N-methyl/N-ethyl adjacent to an activating group) is 1. The van der Waals surface area contributed by atoms with Crippen LogP contribution < -0.4 is 10.6 Å². The maximum atomic E-state index is 6.09. The largest absolute Gasteiger partial charge is 0.381 e. The predicted octanol–water partition coefficient (Wildman–Crippen LogP) is 2.58. The Labute approximate surface area is 116 Å². The molecule has 1 aromatic rings. The zero-order valence-electron chi connectivity index (χ0n) is 12.1. The van der Waals surface area contributed by atoms with Crippen molar-refractivity contribution in [3.63, 3.8) is 0 Å². The third-order valence-electron chi connectivity index (χ3n) is 4.22. The first-order valence-corrected chi connectivity index (χ1v) is 7.38. The van der Waals surface area contributed by atoms with E-state index in [9.17, 15) is 0 Å². The van der Waals surface area contributed by atoms with E-state index < -0.39 is 0 Å². The quantitative estimate of drug-likeness (QED) is 0.886. The fourth-order valence-corrected chi connectivity index (χ4v) is 3.14. The Bertz CT molecular complexity index is 388. The van der Waals surface area contributed by atoms with Gasteiger partial charge in [-0.2, -0.15) is 0 Å². The summed E-state index contributed by atoms with van der Waals surface area (Å²) in [4.78, 5) is 2.48. The molecule has 0 aliphatic carbocycles. The zero-order chi connectivity index (χ0) is 13.7. The van der Waals surface area contributed by atoms with Crippen molar-refractivity contribution in [1.29, 1.82) is 0 Å². The van der Waals surface area contributed by atoms with Crippen molar-refractivity contribution in [2.45, 2.75) is 32.7 Å². The number of aryl methyl sites for hydroxylation is 1. The van der Waals surface area contributed by atoms with Gasteiger partial charge in [0.25, 0.3) is 0 Å². The number of nitrogens with two attached hydrogens (primary N) is 1. The van der Waals surface area contributed by atoms with Gasteiger partial charge in [0.2, 0.25) is 0 Å². The number of ether oxygens (including phenoxy) is 1. The van der Waals surface area contributed by atoms with E-state index in [0.717, 1.165) is 32.6 Å². The van der Waals surface area contributed by atoms with Crippen LogP contribution in [-0.2, 0) is 4.74 Å². The summed E-state index contributed by atoms with van der Waals surface area (Å²) in [6.45, 7) is 7.87. The maximum Gasteiger partial charge on any atom is 0.0469 e. The second-order valence-corrected chi connectivity index (χ2v) is 5.33. The van der Waals surface area contributed by atoms with E-state index in [4.69, 9.17) is 10.5 Å². The van der Waals surface area contributed by atoms with Crippen molar-refractivity contribution in [1.82, 2.24) is 0 Å². The summed E-state index contributed by atoms with van der Waals surface area (Å²) in [7, 11) is 0. The summed E-state index contributed by atoms with van der Waals surface area (Å²) >= 11 is 0. The van der Waals surface area contributed by atoms with Gasteiger partial charge < -0.3 is 15.4 Å². The Hall–Kier alpha value is -1.06. The SMILES string of the molecule is CCN(c1ccccc1C)C(CN)C1CCOCC1. The molecule has 106 valence electrons. The van der Waals surface area contributed by atoms with Gasteiger partial charge in [-0.1, -0.05) is 18.2 Å². The van der Waals surface area contributed by atoms with E-state index in [-0.39, 0.29) is 0 Å². The Morgan fingerprint density at radius 1 is 1.32 bits per heavy atom. The van der Waals surface area contributed by atoms with Crippen molar-refractivity contribution in [2.75, 3.05) is 31.2 Å². The molecule has 2 N–H and O–H groups in total. The minimum atomic E-state index is 0.426. The van der Waals surface area contributed by atoms with E-state index in [0.29, 0.717) is 18.5 Å². The second kappa shape index (κ2) is 6.92. The maximum absolute atomic E-state index is 6.09. The second-order valence-electron chi connectivity index (χ2n) is 5.33. The topological polar surface area (TPSA) is 38.5 Å². The van der Waals surface area contributed by atoms with Crippen molar-refractivity contribution in [2.24, 2.45) is 11.7 Å². The van der Waals surface area contributed by atoms with Crippen LogP contribution in [0.2, 0.25) is 0 Å². The summed E-state index contributed by atoms with van der Waals surface area (Å²) in [5.41, 5.74) is 8.74. The normalized spacial score (nSPS) is 18.3. The van der Waals surface area contributed by atoms with Crippen LogP contribution in [0.4, 0.5) is 5.69 Å². The van der Waals surface area contributed by atoms with Gasteiger partial charge in [-0.15, -0.1) is 0 Å². The standard InChI is InChI=1S/C16H26N2O/c1-3-18(15-7-5-4-6-13(15)2)16(12-17)14-8-10-19-11-9-14/h4-7,14,16H,3,8-12,17H2,1-2H3. The van der Waals surface area contributed by atoms with Gasteiger partial charge in [0.05, 0.1) is 0 Å². The molecule has 0 bridgehead atoms. The van der Waals surface area contributed by atoms with Crippen LogP contribution in [0.5, 0.6) is 0 Å².